The van der Waals surface area contributed by atoms with E-state index in [4.69, 9.17) is 9.47 Å². The Morgan fingerprint density at radius 2 is 1.91 bits per heavy atom. The summed E-state index contributed by atoms with van der Waals surface area (Å²) in [6.07, 6.45) is 10.1. The van der Waals surface area contributed by atoms with Gasteiger partial charge >= 0.3 is 0 Å². The SMILES string of the molecule is C[Si]1(C)C2=CC(=[N+]3CCC3)C=CC2=C(c2cccc(OCC3CO3)c2)c2ccc(N3CCC3)cc21. The van der Waals surface area contributed by atoms with Crippen LogP contribution < -0.4 is 14.8 Å². The van der Waals surface area contributed by atoms with Gasteiger partial charge in [0.05, 0.1) is 13.0 Å². The smallest absolute Gasteiger partial charge is 0.199 e. The molecule has 1 unspecified atom stereocenters. The number of anilines is 1. The van der Waals surface area contributed by atoms with Crippen LogP contribution in [0.1, 0.15) is 24.0 Å². The molecule has 7 rings (SSSR count). The standard InChI is InChI=1S/C30H33N2O2Si/c1-35(2)28-17-22(31-12-4-13-31)8-10-26(28)30(21-6-3-7-24(16-21)33-19-25-20-34-25)27-11-9-23(18-29(27)35)32-14-5-15-32/h3,6-11,16-18,25H,4-5,12-15,19-20H2,1-2H3/q+1. The molecule has 0 bridgehead atoms. The number of allylic oxidation sites excluding steroid dienone is 5. The molecular weight excluding hydrogens is 448 g/mol. The molecule has 178 valence electrons. The molecule has 2 aromatic carbocycles. The average Bonchev–Trinajstić information content (AvgIpc) is 3.61. The summed E-state index contributed by atoms with van der Waals surface area (Å²) in [6, 6.07) is 15.9. The third-order valence-electron chi connectivity index (χ3n) is 8.30. The van der Waals surface area contributed by atoms with E-state index >= 15 is 0 Å². The molecule has 5 aliphatic rings. The first-order valence-corrected chi connectivity index (χ1v) is 16.1. The number of hydrogen-bond acceptors (Lipinski definition) is 3. The maximum Gasteiger partial charge on any atom is 0.199 e. The van der Waals surface area contributed by atoms with Crippen LogP contribution in [0.25, 0.3) is 5.57 Å². The number of rotatable bonds is 5. The van der Waals surface area contributed by atoms with Crippen molar-refractivity contribution in [2.45, 2.75) is 32.0 Å². The van der Waals surface area contributed by atoms with E-state index in [1.165, 1.54) is 72.7 Å². The van der Waals surface area contributed by atoms with Gasteiger partial charge in [0.2, 0.25) is 0 Å². The lowest BCUT2D eigenvalue weighted by Gasteiger charge is -2.40. The van der Waals surface area contributed by atoms with Crippen LogP contribution >= 0.6 is 0 Å². The fourth-order valence-corrected chi connectivity index (χ4v) is 8.84. The lowest BCUT2D eigenvalue weighted by molar-refractivity contribution is -0.582. The quantitative estimate of drug-likeness (QED) is 0.362. The number of fused-ring (bicyclic) bond motifs is 2. The van der Waals surface area contributed by atoms with E-state index in [9.17, 15) is 0 Å². The van der Waals surface area contributed by atoms with Crippen molar-refractivity contribution in [1.82, 2.24) is 0 Å². The molecule has 35 heavy (non-hydrogen) atoms. The molecule has 0 aromatic heterocycles. The Hall–Kier alpha value is -2.89. The summed E-state index contributed by atoms with van der Waals surface area (Å²) in [4.78, 5) is 2.52. The second-order valence-corrected chi connectivity index (χ2v) is 15.3. The first kappa shape index (κ1) is 21.4. The first-order chi connectivity index (χ1) is 17.1. The summed E-state index contributed by atoms with van der Waals surface area (Å²) in [7, 11) is -1.90. The highest BCUT2D eigenvalue weighted by atomic mass is 28.3. The van der Waals surface area contributed by atoms with Crippen molar-refractivity contribution >= 4 is 30.2 Å². The number of ether oxygens (including phenoxy) is 2. The zero-order valence-electron chi connectivity index (χ0n) is 20.7. The number of hydrogen-bond donors (Lipinski definition) is 0. The molecule has 0 radical (unpaired) electrons. The third kappa shape index (κ3) is 3.64. The summed E-state index contributed by atoms with van der Waals surface area (Å²) in [5.74, 6) is 0.921. The van der Waals surface area contributed by atoms with Gasteiger partial charge in [-0.3, -0.25) is 0 Å². The average molecular weight is 482 g/mol. The molecule has 0 saturated carbocycles. The van der Waals surface area contributed by atoms with E-state index in [1.807, 2.05) is 0 Å². The molecule has 4 aliphatic heterocycles. The number of epoxide rings is 1. The van der Waals surface area contributed by atoms with Crippen molar-refractivity contribution < 1.29 is 14.0 Å². The van der Waals surface area contributed by atoms with Crippen LogP contribution in [0.15, 0.2) is 71.5 Å². The maximum atomic E-state index is 6.08. The van der Waals surface area contributed by atoms with Crippen LogP contribution in [-0.2, 0) is 4.74 Å². The van der Waals surface area contributed by atoms with Gasteiger partial charge in [-0.2, -0.15) is 0 Å². The van der Waals surface area contributed by atoms with Gasteiger partial charge in [0.25, 0.3) is 0 Å². The summed E-state index contributed by atoms with van der Waals surface area (Å²) in [6.45, 7) is 11.2. The molecule has 4 heterocycles. The van der Waals surface area contributed by atoms with Gasteiger partial charge in [-0.25, -0.2) is 4.58 Å². The van der Waals surface area contributed by atoms with Crippen molar-refractivity contribution in [3.63, 3.8) is 0 Å². The lowest BCUT2D eigenvalue weighted by Crippen LogP contribution is -2.50. The van der Waals surface area contributed by atoms with Crippen LogP contribution in [0.5, 0.6) is 5.75 Å². The fourth-order valence-electron chi connectivity index (χ4n) is 5.77. The number of benzene rings is 2. The zero-order valence-corrected chi connectivity index (χ0v) is 21.7. The van der Waals surface area contributed by atoms with Gasteiger partial charge in [0.15, 0.2) is 5.71 Å². The summed E-state index contributed by atoms with van der Waals surface area (Å²) in [5, 5.41) is 3.12. The molecule has 2 aromatic rings. The Bertz CT molecular complexity index is 1340. The van der Waals surface area contributed by atoms with Crippen molar-refractivity contribution in [3.8, 4) is 5.75 Å². The minimum atomic E-state index is -1.90. The molecular formula is C30H33N2O2Si+. The molecule has 5 heteroatoms. The minimum absolute atomic E-state index is 0.258. The highest BCUT2D eigenvalue weighted by molar-refractivity contribution is 6.98. The Morgan fingerprint density at radius 3 is 2.63 bits per heavy atom. The molecule has 0 amide bonds. The van der Waals surface area contributed by atoms with Crippen molar-refractivity contribution in [3.05, 3.63) is 82.6 Å². The molecule has 0 N–H and O–H groups in total. The van der Waals surface area contributed by atoms with E-state index in [-0.39, 0.29) is 6.10 Å². The highest BCUT2D eigenvalue weighted by Crippen LogP contribution is 2.42. The Balaban J connectivity index is 1.40. The van der Waals surface area contributed by atoms with Gasteiger partial charge in [-0.15, -0.1) is 0 Å². The van der Waals surface area contributed by atoms with Crippen molar-refractivity contribution in [2.24, 2.45) is 0 Å². The second-order valence-electron chi connectivity index (χ2n) is 10.9. The molecule has 1 atom stereocenters. The Kier molecular flexibility index (Phi) is 4.93. The van der Waals surface area contributed by atoms with Gasteiger partial charge in [0, 0.05) is 30.9 Å². The second kappa shape index (κ2) is 8.07. The normalized spacial score (nSPS) is 23.8. The van der Waals surface area contributed by atoms with Crippen molar-refractivity contribution in [1.29, 1.82) is 0 Å². The van der Waals surface area contributed by atoms with Crippen LogP contribution in [0, 0.1) is 0 Å². The zero-order chi connectivity index (χ0) is 23.6. The van der Waals surface area contributed by atoms with Crippen LogP contribution in [-0.4, -0.2) is 63.9 Å². The van der Waals surface area contributed by atoms with Crippen LogP contribution in [0.2, 0.25) is 13.1 Å². The van der Waals surface area contributed by atoms with E-state index in [2.05, 4.69) is 83.3 Å². The van der Waals surface area contributed by atoms with Crippen LogP contribution in [0.4, 0.5) is 5.69 Å². The molecule has 3 saturated heterocycles. The maximum absolute atomic E-state index is 6.08. The van der Waals surface area contributed by atoms with E-state index in [0.717, 1.165) is 12.4 Å². The molecule has 0 spiro atoms. The largest absolute Gasteiger partial charge is 0.491 e. The highest BCUT2D eigenvalue weighted by Gasteiger charge is 2.41. The Morgan fingerprint density at radius 1 is 1.06 bits per heavy atom. The molecule has 4 nitrogen and oxygen atoms in total. The molecule has 1 aliphatic carbocycles. The van der Waals surface area contributed by atoms with E-state index < -0.39 is 8.07 Å². The van der Waals surface area contributed by atoms with Gasteiger partial charge < -0.3 is 14.4 Å². The predicted molar refractivity (Wildman–Crippen MR) is 145 cm³/mol. The van der Waals surface area contributed by atoms with Crippen molar-refractivity contribution in [2.75, 3.05) is 44.3 Å². The number of nitrogens with zero attached hydrogens (tertiary/aromatic N) is 2. The van der Waals surface area contributed by atoms with Crippen LogP contribution in [0.3, 0.4) is 0 Å². The summed E-state index contributed by atoms with van der Waals surface area (Å²) < 4.78 is 13.9. The summed E-state index contributed by atoms with van der Waals surface area (Å²) in [5.41, 5.74) is 8.16. The van der Waals surface area contributed by atoms with Gasteiger partial charge in [0.1, 0.15) is 39.6 Å². The van der Waals surface area contributed by atoms with E-state index in [0.29, 0.717) is 6.61 Å². The lowest BCUT2D eigenvalue weighted by atomic mass is 9.89. The summed E-state index contributed by atoms with van der Waals surface area (Å²) >= 11 is 0. The minimum Gasteiger partial charge on any atom is -0.491 e. The fraction of sp³-hybridized carbons (Fsp3) is 0.367. The third-order valence-corrected chi connectivity index (χ3v) is 11.8. The first-order valence-electron chi connectivity index (χ1n) is 13.1. The molecule has 3 fully saturated rings. The van der Waals surface area contributed by atoms with E-state index in [1.54, 1.807) is 10.4 Å². The van der Waals surface area contributed by atoms with Gasteiger partial charge in [-0.05, 0) is 69.4 Å². The monoisotopic (exact) mass is 481 g/mol. The predicted octanol–water partition coefficient (Wildman–Crippen LogP) is 4.30. The Labute approximate surface area is 208 Å². The topological polar surface area (TPSA) is 28.0 Å². The van der Waals surface area contributed by atoms with Gasteiger partial charge in [-0.1, -0.05) is 31.3 Å².